The second-order valence-electron chi connectivity index (χ2n) is 6.66. The van der Waals surface area contributed by atoms with E-state index >= 15 is 0 Å². The fraction of sp³-hybridized carbons (Fsp3) is 0.867. The molecule has 2 fully saturated rings. The van der Waals surface area contributed by atoms with Gasteiger partial charge in [-0.15, -0.1) is 0 Å². The van der Waals surface area contributed by atoms with E-state index in [0.29, 0.717) is 5.41 Å². The first-order chi connectivity index (χ1) is 7.09. The van der Waals surface area contributed by atoms with Crippen LogP contribution in [0.3, 0.4) is 0 Å². The molecular formula is C15H24. The van der Waals surface area contributed by atoms with Gasteiger partial charge in [0.2, 0.25) is 0 Å². The Balaban J connectivity index is 1.92. The highest BCUT2D eigenvalue weighted by Crippen LogP contribution is 2.77. The Bertz CT molecular complexity index is 301. The lowest BCUT2D eigenvalue weighted by Crippen LogP contribution is -2.26. The number of allylic oxidation sites excluding steroid dienone is 2. The lowest BCUT2D eigenvalue weighted by molar-refractivity contribution is 0.179. The molecule has 0 amide bonds. The van der Waals surface area contributed by atoms with Crippen molar-refractivity contribution in [3.63, 3.8) is 0 Å². The van der Waals surface area contributed by atoms with E-state index in [1.165, 1.54) is 12.8 Å². The molecule has 3 aliphatic carbocycles. The molecule has 6 atom stereocenters. The second kappa shape index (κ2) is 2.90. The third kappa shape index (κ3) is 1.04. The van der Waals surface area contributed by atoms with Crippen molar-refractivity contribution in [2.24, 2.45) is 40.9 Å². The maximum absolute atomic E-state index is 2.60. The minimum atomic E-state index is 0.659. The van der Waals surface area contributed by atoms with Crippen molar-refractivity contribution in [2.75, 3.05) is 0 Å². The van der Waals surface area contributed by atoms with Gasteiger partial charge in [0, 0.05) is 0 Å². The first-order valence-corrected chi connectivity index (χ1v) is 6.78. The monoisotopic (exact) mass is 204 g/mol. The van der Waals surface area contributed by atoms with Crippen LogP contribution in [0.2, 0.25) is 0 Å². The molecule has 0 heteroatoms. The molecule has 1 spiro atoms. The van der Waals surface area contributed by atoms with Gasteiger partial charge in [0.1, 0.15) is 0 Å². The number of hydrogen-bond donors (Lipinski definition) is 0. The van der Waals surface area contributed by atoms with Gasteiger partial charge in [0.05, 0.1) is 0 Å². The molecule has 3 rings (SSSR count). The lowest BCUT2D eigenvalue weighted by Gasteiger charge is -2.34. The summed E-state index contributed by atoms with van der Waals surface area (Å²) in [5.41, 5.74) is 0.659. The number of rotatable bonds is 1. The van der Waals surface area contributed by atoms with E-state index in [1.54, 1.807) is 0 Å². The van der Waals surface area contributed by atoms with Crippen molar-refractivity contribution in [3.8, 4) is 0 Å². The van der Waals surface area contributed by atoms with Gasteiger partial charge in [-0.25, -0.2) is 0 Å². The van der Waals surface area contributed by atoms with Crippen molar-refractivity contribution in [1.82, 2.24) is 0 Å². The van der Waals surface area contributed by atoms with E-state index in [-0.39, 0.29) is 0 Å². The molecule has 0 bridgehead atoms. The highest BCUT2D eigenvalue weighted by Gasteiger charge is 2.72. The maximum Gasteiger partial charge on any atom is -0.00216 e. The van der Waals surface area contributed by atoms with Gasteiger partial charge in [-0.05, 0) is 53.8 Å². The van der Waals surface area contributed by atoms with E-state index in [2.05, 4.69) is 39.8 Å². The van der Waals surface area contributed by atoms with E-state index < -0.39 is 0 Å². The summed E-state index contributed by atoms with van der Waals surface area (Å²) >= 11 is 0. The Morgan fingerprint density at radius 3 is 2.53 bits per heavy atom. The van der Waals surface area contributed by atoms with E-state index in [4.69, 9.17) is 0 Å². The summed E-state index contributed by atoms with van der Waals surface area (Å²) in [4.78, 5) is 0. The van der Waals surface area contributed by atoms with Crippen LogP contribution < -0.4 is 0 Å². The molecular weight excluding hydrogens is 180 g/mol. The fourth-order valence-corrected chi connectivity index (χ4v) is 5.01. The van der Waals surface area contributed by atoms with Gasteiger partial charge in [0.25, 0.3) is 0 Å². The van der Waals surface area contributed by atoms with Crippen LogP contribution >= 0.6 is 0 Å². The van der Waals surface area contributed by atoms with E-state index in [0.717, 1.165) is 35.5 Å². The summed E-state index contributed by atoms with van der Waals surface area (Å²) in [7, 11) is 0. The third-order valence-electron chi connectivity index (χ3n) is 5.79. The second-order valence-corrected chi connectivity index (χ2v) is 6.66. The lowest BCUT2D eigenvalue weighted by atomic mass is 9.71. The van der Waals surface area contributed by atoms with Gasteiger partial charge < -0.3 is 0 Å². The van der Waals surface area contributed by atoms with Crippen LogP contribution in [0.4, 0.5) is 0 Å². The normalized spacial score (nSPS) is 56.7. The molecule has 0 radical (unpaired) electrons. The Hall–Kier alpha value is -0.260. The largest absolute Gasteiger partial charge is 0.0848 e. The van der Waals surface area contributed by atoms with Crippen LogP contribution in [0, 0.1) is 40.9 Å². The van der Waals surface area contributed by atoms with E-state index in [9.17, 15) is 0 Å². The molecule has 0 aromatic heterocycles. The number of fused-ring (bicyclic) bond motifs is 1. The smallest absolute Gasteiger partial charge is 0.00216 e. The minimum Gasteiger partial charge on any atom is -0.0848 e. The average Bonchev–Trinajstić information content (AvgIpc) is 2.75. The molecule has 0 N–H and O–H groups in total. The Kier molecular flexibility index (Phi) is 1.92. The van der Waals surface area contributed by atoms with Gasteiger partial charge >= 0.3 is 0 Å². The predicted molar refractivity (Wildman–Crippen MR) is 64.4 cm³/mol. The third-order valence-corrected chi connectivity index (χ3v) is 5.79. The Morgan fingerprint density at radius 2 is 1.87 bits per heavy atom. The summed E-state index contributed by atoms with van der Waals surface area (Å²) in [6.07, 6.45) is 8.04. The summed E-state index contributed by atoms with van der Waals surface area (Å²) < 4.78 is 0. The number of hydrogen-bond acceptors (Lipinski definition) is 0. The highest BCUT2D eigenvalue weighted by molar-refractivity contribution is 5.32. The predicted octanol–water partition coefficient (Wildman–Crippen LogP) is 4.13. The van der Waals surface area contributed by atoms with Crippen LogP contribution in [-0.4, -0.2) is 0 Å². The maximum atomic E-state index is 2.60. The molecule has 6 unspecified atom stereocenters. The van der Waals surface area contributed by atoms with Gasteiger partial charge in [0.15, 0.2) is 0 Å². The molecule has 0 aromatic rings. The quantitative estimate of drug-likeness (QED) is 0.563. The van der Waals surface area contributed by atoms with Crippen LogP contribution in [0.5, 0.6) is 0 Å². The van der Waals surface area contributed by atoms with Crippen LogP contribution in [-0.2, 0) is 0 Å². The zero-order valence-electron chi connectivity index (χ0n) is 10.5. The van der Waals surface area contributed by atoms with Crippen molar-refractivity contribution < 1.29 is 0 Å². The van der Waals surface area contributed by atoms with Gasteiger partial charge in [-0.3, -0.25) is 0 Å². The van der Waals surface area contributed by atoms with Crippen molar-refractivity contribution in [2.45, 2.75) is 40.5 Å². The SMILES string of the molecule is CC(C)C1CCC(C)C23C=CC(C)C2C13. The molecule has 15 heavy (non-hydrogen) atoms. The summed E-state index contributed by atoms with van der Waals surface area (Å²) in [5.74, 6) is 5.77. The van der Waals surface area contributed by atoms with Crippen molar-refractivity contribution in [3.05, 3.63) is 12.2 Å². The standard InChI is InChI=1S/C15H24/c1-9(2)12-6-5-11(4)15-8-7-10(3)13(15)14(12)15/h7-14H,5-6H2,1-4H3. The van der Waals surface area contributed by atoms with Crippen LogP contribution in [0.25, 0.3) is 0 Å². The van der Waals surface area contributed by atoms with E-state index in [1.807, 2.05) is 0 Å². The van der Waals surface area contributed by atoms with Crippen molar-refractivity contribution in [1.29, 1.82) is 0 Å². The summed E-state index contributed by atoms with van der Waals surface area (Å²) in [6.45, 7) is 9.78. The molecule has 0 heterocycles. The molecule has 2 saturated carbocycles. The molecule has 0 saturated heterocycles. The first kappa shape index (κ1) is 9.93. The minimum absolute atomic E-state index is 0.659. The molecule has 3 aliphatic rings. The Labute approximate surface area is 94.1 Å². The van der Waals surface area contributed by atoms with Gasteiger partial charge in [-0.1, -0.05) is 39.8 Å². The summed E-state index contributed by atoms with van der Waals surface area (Å²) in [6, 6.07) is 0. The first-order valence-electron chi connectivity index (χ1n) is 6.78. The fourth-order valence-electron chi connectivity index (χ4n) is 5.01. The summed E-state index contributed by atoms with van der Waals surface area (Å²) in [5, 5.41) is 0. The zero-order valence-corrected chi connectivity index (χ0v) is 10.5. The Morgan fingerprint density at radius 1 is 1.13 bits per heavy atom. The van der Waals surface area contributed by atoms with Crippen LogP contribution in [0.15, 0.2) is 12.2 Å². The average molecular weight is 204 g/mol. The van der Waals surface area contributed by atoms with Gasteiger partial charge in [-0.2, -0.15) is 0 Å². The molecule has 0 aromatic carbocycles. The zero-order chi connectivity index (χ0) is 10.8. The topological polar surface area (TPSA) is 0 Å². The highest BCUT2D eigenvalue weighted by atomic mass is 14.8. The molecule has 0 aliphatic heterocycles. The molecule has 84 valence electrons. The van der Waals surface area contributed by atoms with Crippen LogP contribution in [0.1, 0.15) is 40.5 Å². The molecule has 0 nitrogen and oxygen atoms in total. The van der Waals surface area contributed by atoms with Crippen molar-refractivity contribution >= 4 is 0 Å².